The lowest BCUT2D eigenvalue weighted by Crippen LogP contribution is -2.07. The van der Waals surface area contributed by atoms with Gasteiger partial charge in [0.05, 0.1) is 11.6 Å². The van der Waals surface area contributed by atoms with E-state index in [4.69, 9.17) is 16.3 Å². The van der Waals surface area contributed by atoms with Crippen molar-refractivity contribution >= 4 is 29.3 Å². The van der Waals surface area contributed by atoms with Crippen molar-refractivity contribution in [2.45, 2.75) is 27.7 Å². The number of esters is 1. The van der Waals surface area contributed by atoms with Crippen molar-refractivity contribution in [2.75, 3.05) is 12.9 Å². The van der Waals surface area contributed by atoms with E-state index in [1.54, 1.807) is 24.8 Å². The van der Waals surface area contributed by atoms with Crippen LogP contribution >= 0.6 is 23.4 Å². The van der Waals surface area contributed by atoms with Gasteiger partial charge in [0.15, 0.2) is 0 Å². The third kappa shape index (κ3) is 5.61. The Morgan fingerprint density at radius 3 is 2.31 bits per heavy atom. The number of ether oxygens (including phenoxy) is 1. The molecule has 0 spiro atoms. The molecule has 0 unspecified atom stereocenters. The van der Waals surface area contributed by atoms with Gasteiger partial charge in [0.1, 0.15) is 0 Å². The van der Waals surface area contributed by atoms with Crippen molar-refractivity contribution in [1.82, 2.24) is 0 Å². The van der Waals surface area contributed by atoms with Crippen LogP contribution in [0.4, 0.5) is 0 Å². The van der Waals surface area contributed by atoms with Gasteiger partial charge in [0.25, 0.3) is 0 Å². The van der Waals surface area contributed by atoms with Gasteiger partial charge in [0, 0.05) is 11.0 Å². The molecule has 92 valence electrons. The van der Waals surface area contributed by atoms with E-state index < -0.39 is 0 Å². The fraction of sp³-hybridized carbons (Fsp3) is 0.583. The molecule has 0 atom stereocenters. The van der Waals surface area contributed by atoms with Crippen molar-refractivity contribution in [3.8, 4) is 0 Å². The second kappa shape index (κ2) is 7.02. The minimum atomic E-state index is -0.366. The van der Waals surface area contributed by atoms with Gasteiger partial charge in [-0.05, 0) is 24.7 Å². The third-order valence-electron chi connectivity index (χ3n) is 1.75. The average molecular weight is 263 g/mol. The molecule has 0 aromatic heterocycles. The Morgan fingerprint density at radius 2 is 1.94 bits per heavy atom. The Kier molecular flexibility index (Phi) is 6.84. The summed E-state index contributed by atoms with van der Waals surface area (Å²) in [5.41, 5.74) is -0.0184. The average Bonchev–Trinajstić information content (AvgIpc) is 2.14. The maximum absolute atomic E-state index is 11.1. The van der Waals surface area contributed by atoms with Gasteiger partial charge in [-0.2, -0.15) is 0 Å². The fourth-order valence-electron chi connectivity index (χ4n) is 1.17. The summed E-state index contributed by atoms with van der Waals surface area (Å²) in [7, 11) is 0. The Morgan fingerprint density at radius 1 is 1.38 bits per heavy atom. The van der Waals surface area contributed by atoms with E-state index in [0.717, 1.165) is 4.91 Å². The molecule has 0 saturated carbocycles. The van der Waals surface area contributed by atoms with Crippen molar-refractivity contribution in [3.05, 3.63) is 22.1 Å². The first kappa shape index (κ1) is 15.6. The number of hydrogen-bond donors (Lipinski definition) is 0. The molecular weight excluding hydrogens is 244 g/mol. The zero-order valence-corrected chi connectivity index (χ0v) is 12.0. The van der Waals surface area contributed by atoms with Gasteiger partial charge in [0.2, 0.25) is 0 Å². The topological polar surface area (TPSA) is 26.3 Å². The van der Waals surface area contributed by atoms with Crippen LogP contribution in [0.15, 0.2) is 22.1 Å². The third-order valence-corrected chi connectivity index (χ3v) is 3.42. The van der Waals surface area contributed by atoms with Crippen LogP contribution in [0.1, 0.15) is 27.7 Å². The summed E-state index contributed by atoms with van der Waals surface area (Å²) < 4.78 is 4.78. The number of allylic oxidation sites excluding steroid dienone is 3. The largest absolute Gasteiger partial charge is 0.463 e. The smallest absolute Gasteiger partial charge is 0.330 e. The van der Waals surface area contributed by atoms with E-state index in [9.17, 15) is 4.79 Å². The molecule has 0 amide bonds. The number of carbonyl (C=O) groups is 1. The first-order chi connectivity index (χ1) is 7.32. The van der Waals surface area contributed by atoms with Crippen LogP contribution in [0, 0.1) is 5.41 Å². The molecule has 0 heterocycles. The predicted octanol–water partition coefficient (Wildman–Crippen LogP) is 3.97. The second-order valence-electron chi connectivity index (χ2n) is 4.22. The normalized spacial score (nSPS) is 13.9. The molecule has 2 nitrogen and oxygen atoms in total. The highest BCUT2D eigenvalue weighted by atomic mass is 35.5. The van der Waals surface area contributed by atoms with Crippen molar-refractivity contribution < 1.29 is 9.53 Å². The van der Waals surface area contributed by atoms with Gasteiger partial charge in [-0.15, -0.1) is 11.8 Å². The molecule has 0 bridgehead atoms. The molecule has 0 fully saturated rings. The van der Waals surface area contributed by atoms with Crippen LogP contribution in [-0.4, -0.2) is 18.8 Å². The van der Waals surface area contributed by atoms with Crippen LogP contribution in [0.25, 0.3) is 0 Å². The number of thioether (sulfide) groups is 1. The number of hydrogen-bond acceptors (Lipinski definition) is 3. The van der Waals surface area contributed by atoms with Gasteiger partial charge < -0.3 is 4.74 Å². The van der Waals surface area contributed by atoms with Gasteiger partial charge >= 0.3 is 5.97 Å². The molecule has 4 heteroatoms. The molecule has 0 aliphatic heterocycles. The Hall–Kier alpha value is -0.410. The summed E-state index contributed by atoms with van der Waals surface area (Å²) in [4.78, 5) is 12.2. The van der Waals surface area contributed by atoms with Crippen molar-refractivity contribution in [3.63, 3.8) is 0 Å². The molecule has 0 radical (unpaired) electrons. The number of rotatable bonds is 4. The van der Waals surface area contributed by atoms with Crippen LogP contribution in [-0.2, 0) is 9.53 Å². The van der Waals surface area contributed by atoms with E-state index in [2.05, 4.69) is 20.8 Å². The maximum Gasteiger partial charge on any atom is 0.330 e. The fourth-order valence-corrected chi connectivity index (χ4v) is 2.62. The molecule has 0 aliphatic carbocycles. The number of halogens is 1. The molecule has 0 rings (SSSR count). The van der Waals surface area contributed by atoms with E-state index >= 15 is 0 Å². The first-order valence-electron chi connectivity index (χ1n) is 5.12. The van der Waals surface area contributed by atoms with Gasteiger partial charge in [-0.1, -0.05) is 32.4 Å². The highest BCUT2D eigenvalue weighted by Gasteiger charge is 2.18. The van der Waals surface area contributed by atoms with E-state index in [1.807, 2.05) is 6.26 Å². The summed E-state index contributed by atoms with van der Waals surface area (Å²) in [6.45, 7) is 8.39. The minimum absolute atomic E-state index is 0.0184. The van der Waals surface area contributed by atoms with Gasteiger partial charge in [-0.25, -0.2) is 4.79 Å². The lowest BCUT2D eigenvalue weighted by atomic mass is 9.95. The molecule has 0 N–H and O–H groups in total. The SMILES string of the molecule is CCOC(=O)/C=C/C(Cl)=C(\SC)C(C)(C)C. The zero-order chi connectivity index (χ0) is 12.8. The van der Waals surface area contributed by atoms with E-state index in [1.165, 1.54) is 6.08 Å². The van der Waals surface area contributed by atoms with E-state index in [0.29, 0.717) is 11.6 Å². The predicted molar refractivity (Wildman–Crippen MR) is 71.6 cm³/mol. The molecule has 0 aliphatic rings. The van der Waals surface area contributed by atoms with Gasteiger partial charge in [-0.3, -0.25) is 0 Å². The van der Waals surface area contributed by atoms with E-state index in [-0.39, 0.29) is 11.4 Å². The molecule has 0 aromatic rings. The monoisotopic (exact) mass is 262 g/mol. The first-order valence-corrected chi connectivity index (χ1v) is 6.72. The molecule has 16 heavy (non-hydrogen) atoms. The molecule has 0 saturated heterocycles. The van der Waals surface area contributed by atoms with Crippen LogP contribution in [0.3, 0.4) is 0 Å². The molecule has 0 aromatic carbocycles. The Labute approximate surface area is 107 Å². The quantitative estimate of drug-likeness (QED) is 0.436. The highest BCUT2D eigenvalue weighted by molar-refractivity contribution is 8.02. The highest BCUT2D eigenvalue weighted by Crippen LogP contribution is 2.37. The van der Waals surface area contributed by atoms with Crippen molar-refractivity contribution in [2.24, 2.45) is 5.41 Å². The Bertz CT molecular complexity index is 301. The van der Waals surface area contributed by atoms with Crippen LogP contribution in [0.2, 0.25) is 0 Å². The second-order valence-corrected chi connectivity index (χ2v) is 5.44. The minimum Gasteiger partial charge on any atom is -0.463 e. The van der Waals surface area contributed by atoms with Crippen molar-refractivity contribution in [1.29, 1.82) is 0 Å². The zero-order valence-electron chi connectivity index (χ0n) is 10.5. The standard InChI is InChI=1S/C12H19ClO2S/c1-6-15-10(14)8-7-9(13)11(16-5)12(2,3)4/h7-8H,6H2,1-5H3/b8-7+,11-9+. The summed E-state index contributed by atoms with van der Waals surface area (Å²) in [5.74, 6) is -0.366. The lowest BCUT2D eigenvalue weighted by molar-refractivity contribution is -0.137. The molecular formula is C12H19ClO2S. The maximum atomic E-state index is 11.1. The lowest BCUT2D eigenvalue weighted by Gasteiger charge is -2.22. The number of carbonyl (C=O) groups excluding carboxylic acids is 1. The summed E-state index contributed by atoms with van der Waals surface area (Å²) >= 11 is 7.73. The van der Waals surface area contributed by atoms with Crippen LogP contribution in [0.5, 0.6) is 0 Å². The summed E-state index contributed by atoms with van der Waals surface area (Å²) in [6.07, 6.45) is 4.92. The van der Waals surface area contributed by atoms with Crippen LogP contribution < -0.4 is 0 Å². The summed E-state index contributed by atoms with van der Waals surface area (Å²) in [5, 5.41) is 0.591. The Balaban J connectivity index is 4.81. The summed E-state index contributed by atoms with van der Waals surface area (Å²) in [6, 6.07) is 0.